The zero-order chi connectivity index (χ0) is 28.7. The molecule has 2 aromatic carbocycles. The molecular weight excluding hydrogens is 524 g/mol. The minimum absolute atomic E-state index is 0.0316. The van der Waals surface area contributed by atoms with Crippen LogP contribution >= 0.6 is 0 Å². The number of rotatable bonds is 5. The van der Waals surface area contributed by atoms with Gasteiger partial charge in [-0.2, -0.15) is 0 Å². The van der Waals surface area contributed by atoms with Crippen LogP contribution in [-0.4, -0.2) is 43.7 Å². The smallest absolute Gasteiger partial charge is 0.262 e. The molecule has 4 aromatic rings. The van der Waals surface area contributed by atoms with Gasteiger partial charge in [0.15, 0.2) is 0 Å². The number of fused-ring (bicyclic) bond motifs is 2. The van der Waals surface area contributed by atoms with Gasteiger partial charge in [0.05, 0.1) is 11.1 Å². The molecule has 41 heavy (non-hydrogen) atoms. The number of nitrogens with zero attached hydrogens (tertiary/aromatic N) is 3. The quantitative estimate of drug-likeness (QED) is 0.322. The average molecular weight is 553 g/mol. The van der Waals surface area contributed by atoms with E-state index in [9.17, 15) is 24.0 Å². The van der Waals surface area contributed by atoms with Crippen LogP contribution in [0.25, 0.3) is 10.9 Å². The van der Waals surface area contributed by atoms with Crippen LogP contribution in [0.1, 0.15) is 51.9 Å². The molecule has 0 saturated carbocycles. The third-order valence-corrected chi connectivity index (χ3v) is 7.66. The second-order valence-corrected chi connectivity index (χ2v) is 10.4. The number of nitrogens with one attached hydrogen (secondary N) is 3. The third-order valence-electron chi connectivity index (χ3n) is 7.66. The number of piperidine rings is 1. The van der Waals surface area contributed by atoms with Gasteiger partial charge >= 0.3 is 0 Å². The fourth-order valence-electron chi connectivity index (χ4n) is 5.63. The number of aromatic nitrogens is 3. The highest BCUT2D eigenvalue weighted by Gasteiger charge is 2.31. The van der Waals surface area contributed by atoms with Gasteiger partial charge in [0.1, 0.15) is 22.9 Å². The minimum atomic E-state index is -0.856. The summed E-state index contributed by atoms with van der Waals surface area (Å²) in [6.07, 6.45) is 0.986. The molecule has 0 radical (unpaired) electrons. The maximum atomic E-state index is 13.4. The number of carbonyl (C=O) groups excluding carboxylic acids is 3. The SMILES string of the molecule is Cc1nc2c(NC(=O)c3cc4c([nH]c3=O)CCN(Cc3ccccc3)C4)cccc2c(=O)n1C1CCC(=O)NC1=O. The van der Waals surface area contributed by atoms with Crippen LogP contribution in [0.15, 0.2) is 64.2 Å². The van der Waals surface area contributed by atoms with Crippen molar-refractivity contribution in [1.82, 2.24) is 24.8 Å². The number of para-hydroxylation sites is 1. The lowest BCUT2D eigenvalue weighted by Gasteiger charge is -2.28. The molecule has 0 bridgehead atoms. The molecule has 3 N–H and O–H groups in total. The standard InChI is InChI=1S/C30H28N6O5/c1-17-31-26-20(30(41)36(17)24-10-11-25(37)34-29(24)40)8-5-9-23(26)33-28(39)21-14-19-16-35(13-12-22(19)32-27(21)38)15-18-6-3-2-4-7-18/h2-9,14,24H,10-13,15-16H2,1H3,(H,32,38)(H,33,39)(H,34,37,40). The molecule has 3 amide bonds. The van der Waals surface area contributed by atoms with Crippen molar-refractivity contribution in [2.24, 2.45) is 0 Å². The second kappa shape index (κ2) is 10.6. The van der Waals surface area contributed by atoms with Gasteiger partial charge in [-0.05, 0) is 42.7 Å². The molecule has 1 atom stereocenters. The normalized spacial score (nSPS) is 17.2. The van der Waals surface area contributed by atoms with E-state index in [0.29, 0.717) is 13.0 Å². The molecular formula is C30H28N6O5. The summed E-state index contributed by atoms with van der Waals surface area (Å²) in [5.74, 6) is -1.28. The van der Waals surface area contributed by atoms with Crippen LogP contribution in [0.5, 0.6) is 0 Å². The highest BCUT2D eigenvalue weighted by molar-refractivity contribution is 6.08. The lowest BCUT2D eigenvalue weighted by atomic mass is 10.0. The van der Waals surface area contributed by atoms with E-state index >= 15 is 0 Å². The van der Waals surface area contributed by atoms with E-state index in [1.807, 2.05) is 18.2 Å². The Bertz CT molecular complexity index is 1830. The van der Waals surface area contributed by atoms with Gasteiger partial charge in [0.25, 0.3) is 17.0 Å². The monoisotopic (exact) mass is 552 g/mol. The van der Waals surface area contributed by atoms with E-state index in [0.717, 1.165) is 24.3 Å². The molecule has 4 heterocycles. The number of pyridine rings is 1. The lowest BCUT2D eigenvalue weighted by Crippen LogP contribution is -2.45. The number of imide groups is 1. The molecule has 0 spiro atoms. The molecule has 1 saturated heterocycles. The van der Waals surface area contributed by atoms with Gasteiger partial charge in [0.2, 0.25) is 11.8 Å². The van der Waals surface area contributed by atoms with E-state index in [1.165, 1.54) is 10.1 Å². The molecule has 208 valence electrons. The maximum Gasteiger partial charge on any atom is 0.262 e. The number of hydrogen-bond acceptors (Lipinski definition) is 7. The first-order valence-electron chi connectivity index (χ1n) is 13.5. The van der Waals surface area contributed by atoms with Crippen molar-refractivity contribution in [3.63, 3.8) is 0 Å². The van der Waals surface area contributed by atoms with Crippen molar-refractivity contribution in [2.45, 2.75) is 45.3 Å². The van der Waals surface area contributed by atoms with Crippen molar-refractivity contribution in [3.8, 4) is 0 Å². The van der Waals surface area contributed by atoms with Gasteiger partial charge in [0, 0.05) is 38.2 Å². The van der Waals surface area contributed by atoms with E-state index in [4.69, 9.17) is 0 Å². The van der Waals surface area contributed by atoms with Gasteiger partial charge in [-0.25, -0.2) is 4.98 Å². The minimum Gasteiger partial charge on any atom is -0.325 e. The number of aryl methyl sites for hydroxylation is 1. The molecule has 1 unspecified atom stereocenters. The summed E-state index contributed by atoms with van der Waals surface area (Å²) in [7, 11) is 0. The molecule has 1 fully saturated rings. The van der Waals surface area contributed by atoms with Crippen LogP contribution in [-0.2, 0) is 29.1 Å². The summed E-state index contributed by atoms with van der Waals surface area (Å²) in [6.45, 7) is 3.74. The Labute approximate surface area is 234 Å². The number of carbonyl (C=O) groups is 3. The summed E-state index contributed by atoms with van der Waals surface area (Å²) in [5.41, 5.74) is 2.44. The molecule has 2 aliphatic heterocycles. The Kier molecular flexibility index (Phi) is 6.80. The summed E-state index contributed by atoms with van der Waals surface area (Å²) in [5, 5.41) is 5.23. The topological polar surface area (TPSA) is 146 Å². The zero-order valence-corrected chi connectivity index (χ0v) is 22.4. The molecule has 11 heteroatoms. The number of hydrogen-bond donors (Lipinski definition) is 3. The average Bonchev–Trinajstić information content (AvgIpc) is 2.95. The molecule has 6 rings (SSSR count). The number of aromatic amines is 1. The van der Waals surface area contributed by atoms with Gasteiger partial charge in [-0.15, -0.1) is 0 Å². The van der Waals surface area contributed by atoms with E-state index in [1.54, 1.807) is 31.2 Å². The van der Waals surface area contributed by atoms with Crippen molar-refractivity contribution in [2.75, 3.05) is 11.9 Å². The molecule has 2 aliphatic rings. The van der Waals surface area contributed by atoms with E-state index < -0.39 is 29.0 Å². The van der Waals surface area contributed by atoms with Gasteiger partial charge in [-0.1, -0.05) is 36.4 Å². The van der Waals surface area contributed by atoms with Crippen molar-refractivity contribution >= 4 is 34.3 Å². The fraction of sp³-hybridized carbons (Fsp3) is 0.267. The summed E-state index contributed by atoms with van der Waals surface area (Å²) in [6, 6.07) is 15.7. The number of H-pyrrole nitrogens is 1. The van der Waals surface area contributed by atoms with E-state index in [2.05, 4.69) is 37.6 Å². The fourth-order valence-corrected chi connectivity index (χ4v) is 5.63. The summed E-state index contributed by atoms with van der Waals surface area (Å²) >= 11 is 0. The van der Waals surface area contributed by atoms with Crippen LogP contribution in [0.2, 0.25) is 0 Å². The Morgan fingerprint density at radius 2 is 1.85 bits per heavy atom. The predicted molar refractivity (Wildman–Crippen MR) is 151 cm³/mol. The molecule has 11 nitrogen and oxygen atoms in total. The van der Waals surface area contributed by atoms with Crippen molar-refractivity contribution in [3.05, 3.63) is 104 Å². The first kappa shape index (κ1) is 26.3. The molecule has 2 aromatic heterocycles. The number of benzene rings is 2. The maximum absolute atomic E-state index is 13.4. The largest absolute Gasteiger partial charge is 0.325 e. The van der Waals surface area contributed by atoms with Crippen molar-refractivity contribution in [1.29, 1.82) is 0 Å². The van der Waals surface area contributed by atoms with Crippen LogP contribution in [0.4, 0.5) is 5.69 Å². The van der Waals surface area contributed by atoms with Crippen molar-refractivity contribution < 1.29 is 14.4 Å². The first-order valence-corrected chi connectivity index (χ1v) is 13.5. The first-order chi connectivity index (χ1) is 19.8. The highest BCUT2D eigenvalue weighted by atomic mass is 16.2. The van der Waals surface area contributed by atoms with Crippen LogP contribution in [0.3, 0.4) is 0 Å². The number of amides is 3. The predicted octanol–water partition coefficient (Wildman–Crippen LogP) is 2.18. The molecule has 0 aliphatic carbocycles. The van der Waals surface area contributed by atoms with E-state index in [-0.39, 0.29) is 46.7 Å². The zero-order valence-electron chi connectivity index (χ0n) is 22.4. The lowest BCUT2D eigenvalue weighted by molar-refractivity contribution is -0.135. The van der Waals surface area contributed by atoms with Crippen LogP contribution in [0, 0.1) is 6.92 Å². The Balaban J connectivity index is 1.28. The Morgan fingerprint density at radius 3 is 2.63 bits per heavy atom. The summed E-state index contributed by atoms with van der Waals surface area (Å²) in [4.78, 5) is 73.4. The van der Waals surface area contributed by atoms with Gasteiger partial charge in [-0.3, -0.25) is 38.8 Å². The Morgan fingerprint density at radius 1 is 1.05 bits per heavy atom. The highest BCUT2D eigenvalue weighted by Crippen LogP contribution is 2.24. The van der Waals surface area contributed by atoms with Gasteiger partial charge < -0.3 is 10.3 Å². The Hall–Kier alpha value is -4.90. The van der Waals surface area contributed by atoms with Crippen LogP contribution < -0.4 is 21.8 Å². The summed E-state index contributed by atoms with van der Waals surface area (Å²) < 4.78 is 1.28. The third kappa shape index (κ3) is 5.07. The number of anilines is 1. The second-order valence-electron chi connectivity index (χ2n) is 10.4.